The molecule has 0 radical (unpaired) electrons. The van der Waals surface area contributed by atoms with Gasteiger partial charge in [0.25, 0.3) is 10.0 Å². The van der Waals surface area contributed by atoms with E-state index < -0.39 is 21.7 Å². The summed E-state index contributed by atoms with van der Waals surface area (Å²) < 4.78 is 40.0. The molecule has 8 heteroatoms. The molecule has 0 aliphatic rings. The molecule has 0 unspecified atom stereocenters. The molecule has 2 aromatic carbocycles. The van der Waals surface area contributed by atoms with E-state index in [1.54, 1.807) is 6.07 Å². The van der Waals surface area contributed by atoms with Crippen LogP contribution >= 0.6 is 11.6 Å². The van der Waals surface area contributed by atoms with Crippen molar-refractivity contribution >= 4 is 33.6 Å². The quantitative estimate of drug-likeness (QED) is 0.426. The maximum atomic E-state index is 13.0. The molecular formula is C17H14ClFNNaO3S. The average Bonchev–Trinajstić information content (AvgIpc) is 2.45. The minimum absolute atomic E-state index is 0. The maximum absolute atomic E-state index is 13.0. The van der Waals surface area contributed by atoms with Gasteiger partial charge in [-0.15, -0.1) is 0 Å². The Bertz CT molecular complexity index is 943. The van der Waals surface area contributed by atoms with Crippen LogP contribution in [0.1, 0.15) is 22.3 Å². The summed E-state index contributed by atoms with van der Waals surface area (Å²) in [5.74, 6) is -1.68. The predicted molar refractivity (Wildman–Crippen MR) is 91.8 cm³/mol. The standard InChI is InChI=1S/C17H15ClFNO3S.Na/c1-11-3-4-13(12(2)9-11)7-8-24(22,23)20-17(21)15-6-5-14(19)10-16(15)18;/h3-10H,1-2H3,(H,20,21);/q;+1/p-1/b8-7+;. The molecule has 0 bridgehead atoms. The van der Waals surface area contributed by atoms with Crippen LogP contribution in [0.25, 0.3) is 6.08 Å². The van der Waals surface area contributed by atoms with E-state index in [9.17, 15) is 17.9 Å². The van der Waals surface area contributed by atoms with Crippen molar-refractivity contribution in [3.63, 3.8) is 0 Å². The Kier molecular flexibility index (Phi) is 7.84. The molecule has 0 aliphatic heterocycles. The Morgan fingerprint density at radius 1 is 1.20 bits per heavy atom. The maximum Gasteiger partial charge on any atom is 1.00 e. The number of sulfonamides is 1. The fraction of sp³-hybridized carbons (Fsp3) is 0.118. The molecule has 0 saturated heterocycles. The van der Waals surface area contributed by atoms with Crippen molar-refractivity contribution in [3.05, 3.63) is 74.9 Å². The number of rotatable bonds is 4. The SMILES string of the molecule is Cc1ccc(/C=C/S(=O)(=O)/N=C(\[O-])c2ccc(F)cc2Cl)c(C)c1.[Na+]. The smallest absolute Gasteiger partial charge is 0.858 e. The molecule has 0 aliphatic carbocycles. The second-order valence-electron chi connectivity index (χ2n) is 5.20. The van der Waals surface area contributed by atoms with Gasteiger partial charge in [0.2, 0.25) is 0 Å². The molecule has 0 aromatic heterocycles. The third-order valence-corrected chi connectivity index (χ3v) is 4.43. The van der Waals surface area contributed by atoms with Crippen LogP contribution in [-0.4, -0.2) is 14.3 Å². The second-order valence-corrected chi connectivity index (χ2v) is 7.09. The fourth-order valence-electron chi connectivity index (χ4n) is 2.03. The van der Waals surface area contributed by atoms with Gasteiger partial charge < -0.3 is 5.11 Å². The molecule has 25 heavy (non-hydrogen) atoms. The minimum atomic E-state index is -4.14. The van der Waals surface area contributed by atoms with Crippen LogP contribution in [0, 0.1) is 19.7 Å². The summed E-state index contributed by atoms with van der Waals surface area (Å²) >= 11 is 5.73. The van der Waals surface area contributed by atoms with Gasteiger partial charge in [-0.1, -0.05) is 35.4 Å². The van der Waals surface area contributed by atoms with Crippen LogP contribution in [0.4, 0.5) is 4.39 Å². The molecule has 0 N–H and O–H groups in total. The van der Waals surface area contributed by atoms with E-state index in [-0.39, 0.29) is 40.1 Å². The largest absolute Gasteiger partial charge is 1.00 e. The van der Waals surface area contributed by atoms with E-state index >= 15 is 0 Å². The first-order chi connectivity index (χ1) is 11.2. The summed E-state index contributed by atoms with van der Waals surface area (Å²) in [4.78, 5) is 0. The summed E-state index contributed by atoms with van der Waals surface area (Å²) in [6.45, 7) is 3.78. The average molecular weight is 390 g/mol. The van der Waals surface area contributed by atoms with Gasteiger partial charge in [-0.3, -0.25) is 0 Å². The summed E-state index contributed by atoms with van der Waals surface area (Å²) in [7, 11) is -4.14. The minimum Gasteiger partial charge on any atom is -0.858 e. The number of nitrogens with zero attached hydrogens (tertiary/aromatic N) is 1. The van der Waals surface area contributed by atoms with Gasteiger partial charge in [0, 0.05) is 11.5 Å². The molecular weight excluding hydrogens is 376 g/mol. The van der Waals surface area contributed by atoms with Crippen LogP contribution in [0.2, 0.25) is 5.02 Å². The zero-order valence-corrected chi connectivity index (χ0v) is 17.5. The summed E-state index contributed by atoms with van der Waals surface area (Å²) in [6, 6.07) is 8.55. The molecule has 0 spiro atoms. The van der Waals surface area contributed by atoms with Crippen LogP contribution in [0.5, 0.6) is 0 Å². The summed E-state index contributed by atoms with van der Waals surface area (Å²) in [5, 5.41) is 12.6. The van der Waals surface area contributed by atoms with Gasteiger partial charge in [0.05, 0.1) is 10.4 Å². The van der Waals surface area contributed by atoms with Gasteiger partial charge >= 0.3 is 29.6 Å². The topological polar surface area (TPSA) is 69.6 Å². The molecule has 126 valence electrons. The molecule has 0 atom stereocenters. The van der Waals surface area contributed by atoms with Crippen molar-refractivity contribution in [2.75, 3.05) is 0 Å². The third kappa shape index (κ3) is 6.24. The molecule has 4 nitrogen and oxygen atoms in total. The van der Waals surface area contributed by atoms with Crippen molar-refractivity contribution in [1.82, 2.24) is 0 Å². The molecule has 0 amide bonds. The second kappa shape index (κ2) is 8.96. The zero-order valence-electron chi connectivity index (χ0n) is 14.0. The first kappa shape index (κ1) is 21.9. The summed E-state index contributed by atoms with van der Waals surface area (Å²) in [5.41, 5.74) is 2.47. The van der Waals surface area contributed by atoms with Crippen LogP contribution in [0.3, 0.4) is 0 Å². The molecule has 0 fully saturated rings. The molecule has 0 saturated carbocycles. The fourth-order valence-corrected chi connectivity index (χ4v) is 2.99. The molecule has 0 heterocycles. The van der Waals surface area contributed by atoms with E-state index in [0.29, 0.717) is 5.56 Å². The van der Waals surface area contributed by atoms with Crippen molar-refractivity contribution in [3.8, 4) is 0 Å². The van der Waals surface area contributed by atoms with E-state index in [4.69, 9.17) is 11.6 Å². The van der Waals surface area contributed by atoms with Crippen molar-refractivity contribution < 1.29 is 47.5 Å². The van der Waals surface area contributed by atoms with Crippen molar-refractivity contribution in [1.29, 1.82) is 0 Å². The van der Waals surface area contributed by atoms with E-state index in [1.165, 1.54) is 6.08 Å². The third-order valence-electron chi connectivity index (χ3n) is 3.22. The normalized spacial score (nSPS) is 12.2. The van der Waals surface area contributed by atoms with Gasteiger partial charge in [-0.2, -0.15) is 12.8 Å². The zero-order chi connectivity index (χ0) is 17.9. The van der Waals surface area contributed by atoms with Gasteiger partial charge in [0.1, 0.15) is 5.82 Å². The number of benzene rings is 2. The van der Waals surface area contributed by atoms with E-state index in [1.807, 2.05) is 26.0 Å². The number of hydrogen-bond acceptors (Lipinski definition) is 3. The van der Waals surface area contributed by atoms with Gasteiger partial charge in [-0.05, 0) is 49.2 Å². The number of aryl methyl sites for hydroxylation is 2. The Balaban J connectivity index is 0.00000312. The Labute approximate surface area is 173 Å². The Morgan fingerprint density at radius 2 is 1.88 bits per heavy atom. The van der Waals surface area contributed by atoms with E-state index in [2.05, 4.69) is 4.40 Å². The summed E-state index contributed by atoms with van der Waals surface area (Å²) in [6.07, 6.45) is 1.37. The first-order valence-corrected chi connectivity index (χ1v) is 8.79. The van der Waals surface area contributed by atoms with Crippen LogP contribution in [0.15, 0.2) is 46.2 Å². The Morgan fingerprint density at radius 3 is 2.48 bits per heavy atom. The van der Waals surface area contributed by atoms with Crippen molar-refractivity contribution in [2.45, 2.75) is 13.8 Å². The first-order valence-electron chi connectivity index (χ1n) is 6.91. The molecule has 2 rings (SSSR count). The Hall–Kier alpha value is -1.18. The number of halogens is 2. The number of hydrogen-bond donors (Lipinski definition) is 0. The van der Waals surface area contributed by atoms with Crippen molar-refractivity contribution in [2.24, 2.45) is 4.40 Å². The van der Waals surface area contributed by atoms with Crippen LogP contribution in [-0.2, 0) is 10.0 Å². The predicted octanol–water partition coefficient (Wildman–Crippen LogP) is 0.208. The molecule has 2 aromatic rings. The van der Waals surface area contributed by atoms with Crippen LogP contribution < -0.4 is 34.7 Å². The van der Waals surface area contributed by atoms with Gasteiger partial charge in [0.15, 0.2) is 0 Å². The van der Waals surface area contributed by atoms with Gasteiger partial charge in [-0.25, -0.2) is 4.39 Å². The monoisotopic (exact) mass is 389 g/mol. The van der Waals surface area contributed by atoms with E-state index in [0.717, 1.165) is 34.7 Å².